The van der Waals surface area contributed by atoms with Gasteiger partial charge in [-0.3, -0.25) is 4.79 Å². The molecular weight excluding hydrogens is 418 g/mol. The van der Waals surface area contributed by atoms with Crippen LogP contribution in [0.5, 0.6) is 11.5 Å². The van der Waals surface area contributed by atoms with Gasteiger partial charge in [0.25, 0.3) is 0 Å². The van der Waals surface area contributed by atoms with Gasteiger partial charge in [0, 0.05) is 24.7 Å². The molecule has 0 aromatic heterocycles. The number of anilines is 1. The highest BCUT2D eigenvalue weighted by Gasteiger charge is 2.20. The Morgan fingerprint density at radius 1 is 1.03 bits per heavy atom. The lowest BCUT2D eigenvalue weighted by Crippen LogP contribution is -2.25. The summed E-state index contributed by atoms with van der Waals surface area (Å²) in [5.41, 5.74) is 3.58. The summed E-state index contributed by atoms with van der Waals surface area (Å²) in [6, 6.07) is 11.5. The van der Waals surface area contributed by atoms with Gasteiger partial charge in [0.2, 0.25) is 0 Å². The van der Waals surface area contributed by atoms with Crippen LogP contribution in [0, 0.1) is 19.3 Å². The van der Waals surface area contributed by atoms with Crippen LogP contribution >= 0.6 is 0 Å². The number of hydrogen-bond donors (Lipinski definition) is 1. The van der Waals surface area contributed by atoms with Gasteiger partial charge < -0.3 is 19.5 Å². The zero-order valence-electron chi connectivity index (χ0n) is 20.5. The Labute approximate surface area is 196 Å². The molecule has 0 heterocycles. The Morgan fingerprint density at radius 3 is 2.30 bits per heavy atom. The second kappa shape index (κ2) is 12.1. The summed E-state index contributed by atoms with van der Waals surface area (Å²) < 4.78 is 15.8. The van der Waals surface area contributed by atoms with E-state index in [4.69, 9.17) is 14.2 Å². The molecular formula is C27H35NO5. The molecule has 33 heavy (non-hydrogen) atoms. The normalized spacial score (nSPS) is 11.3. The minimum Gasteiger partial charge on any atom is -0.496 e. The standard InChI is InChI=1S/C27H35NO5/c1-7-32-25(29)13-10-21-8-11-22(12-9-21)28-18-27(4,5)15-14-26(30)33-24-17-19(2)23(31-6)16-20(24)3/h8-13,16-17,28H,7,14-15,18H2,1-6H3. The number of ether oxygens (including phenoxy) is 3. The number of rotatable bonds is 11. The molecule has 2 rings (SSSR count). The van der Waals surface area contributed by atoms with Crippen molar-refractivity contribution in [3.8, 4) is 11.5 Å². The van der Waals surface area contributed by atoms with Crippen LogP contribution < -0.4 is 14.8 Å². The van der Waals surface area contributed by atoms with E-state index >= 15 is 0 Å². The SMILES string of the molecule is CCOC(=O)C=Cc1ccc(NCC(C)(C)CCC(=O)Oc2cc(C)c(OC)cc2C)cc1. The quantitative estimate of drug-likeness (QED) is 0.267. The molecule has 1 N–H and O–H groups in total. The second-order valence-corrected chi connectivity index (χ2v) is 8.79. The lowest BCUT2D eigenvalue weighted by Gasteiger charge is -2.25. The van der Waals surface area contributed by atoms with Crippen molar-refractivity contribution >= 4 is 23.7 Å². The van der Waals surface area contributed by atoms with Crippen molar-refractivity contribution in [2.45, 2.75) is 47.5 Å². The van der Waals surface area contributed by atoms with Crippen molar-refractivity contribution in [3.05, 3.63) is 59.2 Å². The lowest BCUT2D eigenvalue weighted by atomic mass is 9.87. The van der Waals surface area contributed by atoms with Crippen molar-refractivity contribution in [3.63, 3.8) is 0 Å². The molecule has 0 fully saturated rings. The monoisotopic (exact) mass is 453 g/mol. The average Bonchev–Trinajstić information content (AvgIpc) is 2.78. The van der Waals surface area contributed by atoms with Gasteiger partial charge in [-0.2, -0.15) is 0 Å². The molecule has 0 aliphatic carbocycles. The van der Waals surface area contributed by atoms with Crippen LogP contribution in [0.3, 0.4) is 0 Å². The highest BCUT2D eigenvalue weighted by Crippen LogP contribution is 2.29. The summed E-state index contributed by atoms with van der Waals surface area (Å²) >= 11 is 0. The van der Waals surface area contributed by atoms with E-state index in [9.17, 15) is 9.59 Å². The summed E-state index contributed by atoms with van der Waals surface area (Å²) in [5, 5.41) is 3.42. The first-order chi connectivity index (χ1) is 15.6. The lowest BCUT2D eigenvalue weighted by molar-refractivity contribution is -0.137. The molecule has 2 aromatic rings. The third-order valence-electron chi connectivity index (χ3n) is 5.30. The van der Waals surface area contributed by atoms with Gasteiger partial charge in [-0.25, -0.2) is 4.79 Å². The molecule has 0 bridgehead atoms. The van der Waals surface area contributed by atoms with Crippen molar-refractivity contribution in [1.29, 1.82) is 0 Å². The number of carbonyl (C=O) groups is 2. The van der Waals surface area contributed by atoms with Gasteiger partial charge in [-0.05, 0) is 79.6 Å². The van der Waals surface area contributed by atoms with E-state index in [0.29, 0.717) is 31.7 Å². The highest BCUT2D eigenvalue weighted by atomic mass is 16.5. The molecule has 2 aromatic carbocycles. The average molecular weight is 454 g/mol. The van der Waals surface area contributed by atoms with Crippen LogP contribution in [0.4, 0.5) is 5.69 Å². The van der Waals surface area contributed by atoms with E-state index in [-0.39, 0.29) is 17.4 Å². The van der Waals surface area contributed by atoms with Crippen LogP contribution in [-0.4, -0.2) is 32.2 Å². The van der Waals surface area contributed by atoms with Crippen LogP contribution in [0.2, 0.25) is 0 Å². The van der Waals surface area contributed by atoms with E-state index < -0.39 is 0 Å². The Hall–Kier alpha value is -3.28. The molecule has 0 amide bonds. The fraction of sp³-hybridized carbons (Fsp3) is 0.407. The highest BCUT2D eigenvalue weighted by molar-refractivity contribution is 5.87. The van der Waals surface area contributed by atoms with E-state index in [1.165, 1.54) is 6.08 Å². The Bertz CT molecular complexity index is 977. The Morgan fingerprint density at radius 2 is 1.67 bits per heavy atom. The number of nitrogens with one attached hydrogen (secondary N) is 1. The van der Waals surface area contributed by atoms with Gasteiger partial charge in [0.15, 0.2) is 0 Å². The molecule has 0 atom stereocenters. The number of benzene rings is 2. The van der Waals surface area contributed by atoms with Crippen molar-refractivity contribution in [2.75, 3.05) is 25.6 Å². The number of methoxy groups -OCH3 is 1. The number of carbonyl (C=O) groups excluding carboxylic acids is 2. The molecule has 0 saturated heterocycles. The maximum Gasteiger partial charge on any atom is 0.330 e. The van der Waals surface area contributed by atoms with Gasteiger partial charge in [-0.15, -0.1) is 0 Å². The fourth-order valence-corrected chi connectivity index (χ4v) is 3.20. The predicted octanol–water partition coefficient (Wildman–Crippen LogP) is 5.71. The van der Waals surface area contributed by atoms with Crippen LogP contribution in [-0.2, 0) is 14.3 Å². The molecule has 0 saturated carbocycles. The summed E-state index contributed by atoms with van der Waals surface area (Å²) in [4.78, 5) is 23.8. The maximum absolute atomic E-state index is 12.4. The van der Waals surface area contributed by atoms with E-state index in [1.807, 2.05) is 50.2 Å². The minimum absolute atomic E-state index is 0.105. The summed E-state index contributed by atoms with van der Waals surface area (Å²) in [6.07, 6.45) is 4.16. The smallest absolute Gasteiger partial charge is 0.330 e. The third-order valence-corrected chi connectivity index (χ3v) is 5.30. The molecule has 0 unspecified atom stereocenters. The summed E-state index contributed by atoms with van der Waals surface area (Å²) in [7, 11) is 1.63. The summed E-state index contributed by atoms with van der Waals surface area (Å²) in [5.74, 6) is 0.764. The van der Waals surface area contributed by atoms with Gasteiger partial charge in [0.05, 0.1) is 13.7 Å². The van der Waals surface area contributed by atoms with Crippen LogP contribution in [0.1, 0.15) is 50.3 Å². The first-order valence-corrected chi connectivity index (χ1v) is 11.2. The van der Waals surface area contributed by atoms with E-state index in [2.05, 4.69) is 19.2 Å². The Balaban J connectivity index is 1.83. The van der Waals surface area contributed by atoms with Crippen LogP contribution in [0.15, 0.2) is 42.5 Å². The molecule has 6 heteroatoms. The molecule has 0 aliphatic rings. The molecule has 0 radical (unpaired) electrons. The van der Waals surface area contributed by atoms with Crippen molar-refractivity contribution in [2.24, 2.45) is 5.41 Å². The summed E-state index contributed by atoms with van der Waals surface area (Å²) in [6.45, 7) is 10.9. The van der Waals surface area contributed by atoms with Gasteiger partial charge >= 0.3 is 11.9 Å². The number of esters is 2. The van der Waals surface area contributed by atoms with Gasteiger partial charge in [0.1, 0.15) is 11.5 Å². The Kier molecular flexibility index (Phi) is 9.52. The fourth-order valence-electron chi connectivity index (χ4n) is 3.20. The molecule has 178 valence electrons. The number of hydrogen-bond acceptors (Lipinski definition) is 6. The topological polar surface area (TPSA) is 73.9 Å². The first-order valence-electron chi connectivity index (χ1n) is 11.2. The largest absolute Gasteiger partial charge is 0.496 e. The molecule has 6 nitrogen and oxygen atoms in total. The van der Waals surface area contributed by atoms with E-state index in [1.54, 1.807) is 20.1 Å². The predicted molar refractivity (Wildman–Crippen MR) is 132 cm³/mol. The number of aryl methyl sites for hydroxylation is 2. The van der Waals surface area contributed by atoms with Crippen molar-refractivity contribution < 1.29 is 23.8 Å². The van der Waals surface area contributed by atoms with E-state index in [0.717, 1.165) is 28.1 Å². The second-order valence-electron chi connectivity index (χ2n) is 8.79. The third kappa shape index (κ3) is 8.64. The first kappa shape index (κ1) is 26.0. The van der Waals surface area contributed by atoms with Crippen molar-refractivity contribution in [1.82, 2.24) is 0 Å². The zero-order valence-corrected chi connectivity index (χ0v) is 20.5. The molecule has 0 aliphatic heterocycles. The maximum atomic E-state index is 12.4. The minimum atomic E-state index is -0.350. The van der Waals surface area contributed by atoms with Gasteiger partial charge in [-0.1, -0.05) is 26.0 Å². The zero-order chi connectivity index (χ0) is 24.4. The van der Waals surface area contributed by atoms with Crippen LogP contribution in [0.25, 0.3) is 6.08 Å². The molecule has 0 spiro atoms.